The van der Waals surface area contributed by atoms with Crippen molar-refractivity contribution in [1.29, 1.82) is 0 Å². The summed E-state index contributed by atoms with van der Waals surface area (Å²) in [6, 6.07) is 18.0. The molecule has 118 valence electrons. The summed E-state index contributed by atoms with van der Waals surface area (Å²) in [7, 11) is 0. The zero-order chi connectivity index (χ0) is 14.5. The third-order valence-corrected chi connectivity index (χ3v) is 4.00. The lowest BCUT2D eigenvalue weighted by Crippen LogP contribution is -2.27. The Morgan fingerprint density at radius 3 is 2.36 bits per heavy atom. The lowest BCUT2D eigenvalue weighted by molar-refractivity contribution is 0.0583. The third-order valence-electron chi connectivity index (χ3n) is 4.00. The Balaban J connectivity index is 0.00000176. The molecule has 1 atom stereocenters. The van der Waals surface area contributed by atoms with Gasteiger partial charge in [-0.25, -0.2) is 0 Å². The van der Waals surface area contributed by atoms with E-state index in [-0.39, 0.29) is 18.4 Å². The van der Waals surface area contributed by atoms with E-state index in [0.717, 1.165) is 43.1 Å². The molecule has 2 N–H and O–H groups in total. The maximum atomic E-state index is 6.42. The Hall–Kier alpha value is -1.55. The molecule has 1 fully saturated rings. The zero-order valence-electron chi connectivity index (χ0n) is 12.5. The molecule has 0 spiro atoms. The minimum atomic E-state index is 0. The molecule has 2 aromatic rings. The van der Waals surface area contributed by atoms with Crippen molar-refractivity contribution >= 4 is 12.4 Å². The van der Waals surface area contributed by atoms with Crippen LogP contribution in [0.1, 0.15) is 24.4 Å². The van der Waals surface area contributed by atoms with E-state index < -0.39 is 0 Å². The fraction of sp³-hybridized carbons (Fsp3) is 0.333. The summed E-state index contributed by atoms with van der Waals surface area (Å²) in [6.45, 7) is 1.64. The van der Waals surface area contributed by atoms with Crippen LogP contribution in [0.25, 0.3) is 0 Å². The van der Waals surface area contributed by atoms with Crippen molar-refractivity contribution in [3.8, 4) is 11.5 Å². The number of nitrogens with two attached hydrogens (primary N) is 1. The van der Waals surface area contributed by atoms with Gasteiger partial charge in [0.15, 0.2) is 0 Å². The summed E-state index contributed by atoms with van der Waals surface area (Å²) in [6.07, 6.45) is 2.07. The van der Waals surface area contributed by atoms with Crippen LogP contribution in [-0.2, 0) is 4.74 Å². The molecule has 0 amide bonds. The first-order chi connectivity index (χ1) is 10.3. The van der Waals surface area contributed by atoms with E-state index in [4.69, 9.17) is 15.2 Å². The highest BCUT2D eigenvalue weighted by molar-refractivity contribution is 5.85. The van der Waals surface area contributed by atoms with E-state index >= 15 is 0 Å². The number of hydrogen-bond acceptors (Lipinski definition) is 3. The summed E-state index contributed by atoms with van der Waals surface area (Å²) < 4.78 is 11.3. The van der Waals surface area contributed by atoms with Crippen molar-refractivity contribution in [2.75, 3.05) is 13.2 Å². The minimum absolute atomic E-state index is 0. The molecule has 0 radical (unpaired) electrons. The van der Waals surface area contributed by atoms with Gasteiger partial charge in [-0.3, -0.25) is 0 Å². The van der Waals surface area contributed by atoms with E-state index in [2.05, 4.69) is 6.07 Å². The van der Waals surface area contributed by atoms with E-state index in [1.165, 1.54) is 0 Å². The first-order valence-electron chi connectivity index (χ1n) is 7.49. The highest BCUT2D eigenvalue weighted by Crippen LogP contribution is 2.30. The van der Waals surface area contributed by atoms with Gasteiger partial charge >= 0.3 is 0 Å². The number of halogens is 1. The first kappa shape index (κ1) is 16.8. The Morgan fingerprint density at radius 2 is 1.64 bits per heavy atom. The van der Waals surface area contributed by atoms with Gasteiger partial charge in [0.2, 0.25) is 0 Å². The predicted molar refractivity (Wildman–Crippen MR) is 90.7 cm³/mol. The van der Waals surface area contributed by atoms with Crippen molar-refractivity contribution < 1.29 is 9.47 Å². The molecule has 22 heavy (non-hydrogen) atoms. The number of para-hydroxylation sites is 1. The lowest BCUT2D eigenvalue weighted by Gasteiger charge is -2.28. The monoisotopic (exact) mass is 319 g/mol. The Kier molecular flexibility index (Phi) is 6.25. The van der Waals surface area contributed by atoms with Gasteiger partial charge in [0, 0.05) is 19.3 Å². The average molecular weight is 320 g/mol. The standard InChI is InChI=1S/C18H21NO2.ClH/c19-18(14-9-11-20-12-10-14)15-5-4-8-17(13-15)21-16-6-2-1-3-7-16;/h1-8,13-14,18H,9-12,19H2;1H/t18-;/m1./s1. The molecule has 1 aliphatic rings. The van der Waals surface area contributed by atoms with Crippen LogP contribution in [0, 0.1) is 5.92 Å². The topological polar surface area (TPSA) is 44.5 Å². The van der Waals surface area contributed by atoms with Crippen molar-refractivity contribution in [3.05, 3.63) is 60.2 Å². The summed E-state index contributed by atoms with van der Waals surface area (Å²) >= 11 is 0. The van der Waals surface area contributed by atoms with Gasteiger partial charge in [-0.15, -0.1) is 12.4 Å². The van der Waals surface area contributed by atoms with Crippen LogP contribution in [0.15, 0.2) is 54.6 Å². The second kappa shape index (κ2) is 8.18. The highest BCUT2D eigenvalue weighted by Gasteiger charge is 2.22. The molecule has 3 nitrogen and oxygen atoms in total. The lowest BCUT2D eigenvalue weighted by atomic mass is 9.88. The molecule has 0 aliphatic carbocycles. The molecule has 1 heterocycles. The fourth-order valence-corrected chi connectivity index (χ4v) is 2.76. The van der Waals surface area contributed by atoms with Crippen LogP contribution in [0.2, 0.25) is 0 Å². The van der Waals surface area contributed by atoms with E-state index in [0.29, 0.717) is 5.92 Å². The summed E-state index contributed by atoms with van der Waals surface area (Å²) in [5.41, 5.74) is 7.56. The van der Waals surface area contributed by atoms with Gasteiger partial charge in [0.25, 0.3) is 0 Å². The maximum absolute atomic E-state index is 6.42. The van der Waals surface area contributed by atoms with Crippen molar-refractivity contribution in [2.45, 2.75) is 18.9 Å². The van der Waals surface area contributed by atoms with Crippen LogP contribution in [0.4, 0.5) is 0 Å². The van der Waals surface area contributed by atoms with E-state index in [9.17, 15) is 0 Å². The number of ether oxygens (including phenoxy) is 2. The number of hydrogen-bond donors (Lipinski definition) is 1. The minimum Gasteiger partial charge on any atom is -0.457 e. The molecular weight excluding hydrogens is 298 g/mol. The highest BCUT2D eigenvalue weighted by atomic mass is 35.5. The van der Waals surface area contributed by atoms with Gasteiger partial charge in [0.1, 0.15) is 11.5 Å². The van der Waals surface area contributed by atoms with E-state index in [1.807, 2.05) is 48.5 Å². The summed E-state index contributed by atoms with van der Waals surface area (Å²) in [5, 5.41) is 0. The fourth-order valence-electron chi connectivity index (χ4n) is 2.76. The zero-order valence-corrected chi connectivity index (χ0v) is 13.3. The van der Waals surface area contributed by atoms with Gasteiger partial charge in [-0.05, 0) is 48.6 Å². The summed E-state index contributed by atoms with van der Waals surface area (Å²) in [4.78, 5) is 0. The van der Waals surface area contributed by atoms with Gasteiger partial charge in [-0.1, -0.05) is 30.3 Å². The van der Waals surface area contributed by atoms with Crippen LogP contribution in [0.5, 0.6) is 11.5 Å². The van der Waals surface area contributed by atoms with Gasteiger partial charge in [-0.2, -0.15) is 0 Å². The quantitative estimate of drug-likeness (QED) is 0.912. The van der Waals surface area contributed by atoms with Crippen LogP contribution in [-0.4, -0.2) is 13.2 Å². The normalized spacial score (nSPS) is 16.6. The Labute approximate surface area is 137 Å². The molecule has 2 aromatic carbocycles. The number of rotatable bonds is 4. The first-order valence-corrected chi connectivity index (χ1v) is 7.49. The van der Waals surface area contributed by atoms with Gasteiger partial charge in [0.05, 0.1) is 0 Å². The molecule has 0 saturated carbocycles. The summed E-state index contributed by atoms with van der Waals surface area (Å²) in [5.74, 6) is 2.17. The molecule has 0 bridgehead atoms. The molecular formula is C18H22ClNO2. The van der Waals surface area contributed by atoms with E-state index in [1.54, 1.807) is 0 Å². The molecule has 3 rings (SSSR count). The molecule has 1 aliphatic heterocycles. The van der Waals surface area contributed by atoms with Crippen molar-refractivity contribution in [3.63, 3.8) is 0 Å². The second-order valence-corrected chi connectivity index (χ2v) is 5.46. The SMILES string of the molecule is Cl.N[C@@H](c1cccc(Oc2ccccc2)c1)C1CCOCC1. The molecule has 0 aromatic heterocycles. The molecule has 1 saturated heterocycles. The van der Waals surface area contributed by atoms with Gasteiger partial charge < -0.3 is 15.2 Å². The smallest absolute Gasteiger partial charge is 0.127 e. The maximum Gasteiger partial charge on any atom is 0.127 e. The largest absolute Gasteiger partial charge is 0.457 e. The third kappa shape index (κ3) is 4.23. The molecule has 4 heteroatoms. The second-order valence-electron chi connectivity index (χ2n) is 5.46. The predicted octanol–water partition coefficient (Wildman–Crippen LogP) is 4.33. The van der Waals surface area contributed by atoms with Crippen LogP contribution >= 0.6 is 12.4 Å². The number of benzene rings is 2. The molecule has 0 unspecified atom stereocenters. The average Bonchev–Trinajstić information content (AvgIpc) is 2.56. The van der Waals surface area contributed by atoms with Crippen molar-refractivity contribution in [2.24, 2.45) is 11.7 Å². The Bertz CT molecular complexity index is 570. The van der Waals surface area contributed by atoms with Crippen LogP contribution in [0.3, 0.4) is 0 Å². The Morgan fingerprint density at radius 1 is 0.955 bits per heavy atom. The van der Waals surface area contributed by atoms with Crippen molar-refractivity contribution in [1.82, 2.24) is 0 Å². The van der Waals surface area contributed by atoms with Crippen LogP contribution < -0.4 is 10.5 Å².